The molecular formula is C27H29N5O3S2. The monoisotopic (exact) mass is 535 g/mol. The molecule has 1 aromatic carbocycles. The van der Waals surface area contributed by atoms with Crippen LogP contribution in [0.15, 0.2) is 64.6 Å². The van der Waals surface area contributed by atoms with E-state index in [2.05, 4.69) is 21.1 Å². The van der Waals surface area contributed by atoms with Gasteiger partial charge in [-0.1, -0.05) is 37.6 Å². The molecule has 1 atom stereocenters. The molecule has 0 saturated heterocycles. The third kappa shape index (κ3) is 6.87. The van der Waals surface area contributed by atoms with E-state index in [9.17, 15) is 18.5 Å². The molecule has 2 N–H and O–H groups in total. The smallest absolute Gasteiger partial charge is 0.263 e. The highest BCUT2D eigenvalue weighted by Crippen LogP contribution is 2.31. The number of nitrogens with zero attached hydrogens (tertiary/aromatic N) is 3. The molecule has 2 aromatic heterocycles. The summed E-state index contributed by atoms with van der Waals surface area (Å²) in [6.07, 6.45) is 8.43. The predicted octanol–water partition coefficient (Wildman–Crippen LogP) is 5.32. The van der Waals surface area contributed by atoms with Crippen molar-refractivity contribution >= 4 is 39.2 Å². The van der Waals surface area contributed by atoms with E-state index in [4.69, 9.17) is 4.98 Å². The first-order valence-electron chi connectivity index (χ1n) is 12.3. The van der Waals surface area contributed by atoms with Crippen LogP contribution in [-0.2, 0) is 27.7 Å². The summed E-state index contributed by atoms with van der Waals surface area (Å²) in [6.45, 7) is 1.91. The van der Waals surface area contributed by atoms with E-state index in [0.717, 1.165) is 36.9 Å². The number of anilines is 2. The van der Waals surface area contributed by atoms with Gasteiger partial charge in [-0.2, -0.15) is 5.26 Å². The van der Waals surface area contributed by atoms with Gasteiger partial charge in [0.1, 0.15) is 16.9 Å². The lowest BCUT2D eigenvalue weighted by Gasteiger charge is -2.18. The molecule has 1 unspecified atom stereocenters. The topological polar surface area (TPSA) is 125 Å². The number of carbonyl (C=O) groups excluding carboxylic acids is 1. The first-order chi connectivity index (χ1) is 17.9. The van der Waals surface area contributed by atoms with Crippen LogP contribution in [0.2, 0.25) is 0 Å². The minimum absolute atomic E-state index is 0.0567. The van der Waals surface area contributed by atoms with E-state index in [1.54, 1.807) is 30.3 Å². The van der Waals surface area contributed by atoms with Crippen molar-refractivity contribution < 1.29 is 13.2 Å². The maximum absolute atomic E-state index is 13.1. The molecule has 1 amide bonds. The number of rotatable bonds is 8. The van der Waals surface area contributed by atoms with Crippen molar-refractivity contribution in [3.63, 3.8) is 0 Å². The molecule has 0 saturated carbocycles. The van der Waals surface area contributed by atoms with E-state index in [1.807, 2.05) is 13.0 Å². The lowest BCUT2D eigenvalue weighted by Crippen LogP contribution is -2.25. The maximum atomic E-state index is 13.1. The number of nitriles is 1. The number of hydrogen-bond donors (Lipinski definition) is 2. The van der Waals surface area contributed by atoms with Crippen molar-refractivity contribution in [2.75, 3.05) is 10.0 Å². The molecule has 10 heteroatoms. The van der Waals surface area contributed by atoms with Gasteiger partial charge in [0.15, 0.2) is 0 Å². The molecule has 3 aromatic rings. The second kappa shape index (κ2) is 12.2. The summed E-state index contributed by atoms with van der Waals surface area (Å²) in [4.78, 5) is 21.9. The van der Waals surface area contributed by atoms with Crippen LogP contribution in [0.1, 0.15) is 55.8 Å². The van der Waals surface area contributed by atoms with E-state index in [0.29, 0.717) is 22.7 Å². The van der Waals surface area contributed by atoms with E-state index in [-0.39, 0.29) is 16.6 Å². The van der Waals surface area contributed by atoms with Gasteiger partial charge in [-0.25, -0.2) is 18.4 Å². The zero-order valence-corrected chi connectivity index (χ0v) is 22.2. The number of thioether (sulfide) groups is 1. The average molecular weight is 536 g/mol. The lowest BCUT2D eigenvalue weighted by atomic mass is 9.96. The van der Waals surface area contributed by atoms with Gasteiger partial charge in [-0.15, -0.1) is 0 Å². The average Bonchev–Trinajstić information content (AvgIpc) is 2.88. The fourth-order valence-corrected chi connectivity index (χ4v) is 6.16. The Balaban J connectivity index is 1.45. The number of pyridine rings is 2. The number of amides is 1. The molecule has 0 spiro atoms. The van der Waals surface area contributed by atoms with Crippen molar-refractivity contribution in [1.82, 2.24) is 9.97 Å². The number of aromatic nitrogens is 2. The Bertz CT molecular complexity index is 1390. The Kier molecular flexibility index (Phi) is 8.79. The number of hydrogen-bond acceptors (Lipinski definition) is 7. The van der Waals surface area contributed by atoms with Crippen LogP contribution in [0.5, 0.6) is 0 Å². The van der Waals surface area contributed by atoms with Crippen LogP contribution < -0.4 is 10.0 Å². The number of fused-ring (bicyclic) bond motifs is 1. The SMILES string of the molecule is CCC(Sc1nc2c(cc1C#N)CCCCCC2)C(=O)Nc1ccc(S(=O)(=O)Nc2ccccn2)cc1. The molecule has 2 heterocycles. The standard InChI is InChI=1S/C27H29N5O3S2/c1-2-24(36-27-20(18-28)17-19-9-5-3-4-6-10-23(19)31-27)26(33)30-21-12-14-22(15-13-21)37(34,35)32-25-11-7-8-16-29-25/h7-8,11-17,24H,2-6,9-10H2,1H3,(H,29,32)(H,30,33). The molecule has 1 aliphatic rings. The van der Waals surface area contributed by atoms with E-state index < -0.39 is 15.3 Å². The first kappa shape index (κ1) is 26.6. The number of aryl methyl sites for hydroxylation is 2. The molecule has 0 aliphatic heterocycles. The molecule has 37 heavy (non-hydrogen) atoms. The molecule has 1 aliphatic carbocycles. The van der Waals surface area contributed by atoms with Gasteiger partial charge >= 0.3 is 0 Å². The number of carbonyl (C=O) groups is 1. The van der Waals surface area contributed by atoms with Crippen molar-refractivity contribution in [3.05, 3.63) is 71.5 Å². The summed E-state index contributed by atoms with van der Waals surface area (Å²) < 4.78 is 27.7. The minimum atomic E-state index is -3.81. The summed E-state index contributed by atoms with van der Waals surface area (Å²) in [5.74, 6) is -0.00598. The van der Waals surface area contributed by atoms with Gasteiger partial charge in [-0.05, 0) is 80.1 Å². The van der Waals surface area contributed by atoms with Crippen molar-refractivity contribution in [3.8, 4) is 6.07 Å². The second-order valence-electron chi connectivity index (χ2n) is 8.82. The zero-order chi connectivity index (χ0) is 26.3. The molecule has 0 radical (unpaired) electrons. The minimum Gasteiger partial charge on any atom is -0.325 e. The molecule has 0 bridgehead atoms. The molecule has 8 nitrogen and oxygen atoms in total. The Labute approximate surface area is 222 Å². The Morgan fingerprint density at radius 3 is 2.54 bits per heavy atom. The summed E-state index contributed by atoms with van der Waals surface area (Å²) in [5.41, 5.74) is 3.16. The number of nitrogens with one attached hydrogen (secondary N) is 2. The van der Waals surface area contributed by atoms with Crippen LogP contribution >= 0.6 is 11.8 Å². The van der Waals surface area contributed by atoms with Crippen LogP contribution in [-0.4, -0.2) is 29.5 Å². The Hall–Kier alpha value is -3.42. The summed E-state index contributed by atoms with van der Waals surface area (Å²) >= 11 is 1.30. The normalized spacial score (nSPS) is 14.4. The maximum Gasteiger partial charge on any atom is 0.263 e. The lowest BCUT2D eigenvalue weighted by molar-refractivity contribution is -0.115. The third-order valence-electron chi connectivity index (χ3n) is 6.14. The molecule has 4 rings (SSSR count). The highest BCUT2D eigenvalue weighted by atomic mass is 32.2. The van der Waals surface area contributed by atoms with Crippen molar-refractivity contribution in [1.29, 1.82) is 5.26 Å². The second-order valence-corrected chi connectivity index (χ2v) is 11.7. The molecular weight excluding hydrogens is 506 g/mol. The molecule has 0 fully saturated rings. The predicted molar refractivity (Wildman–Crippen MR) is 145 cm³/mol. The first-order valence-corrected chi connectivity index (χ1v) is 14.7. The van der Waals surface area contributed by atoms with E-state index >= 15 is 0 Å². The highest BCUT2D eigenvalue weighted by Gasteiger charge is 2.23. The van der Waals surface area contributed by atoms with E-state index in [1.165, 1.54) is 42.9 Å². The zero-order valence-electron chi connectivity index (χ0n) is 20.6. The summed E-state index contributed by atoms with van der Waals surface area (Å²) in [5, 5.41) is 12.7. The van der Waals surface area contributed by atoms with Crippen LogP contribution in [0.3, 0.4) is 0 Å². The third-order valence-corrected chi connectivity index (χ3v) is 8.88. The highest BCUT2D eigenvalue weighted by molar-refractivity contribution is 8.00. The van der Waals surface area contributed by atoms with Gasteiger partial charge in [0.2, 0.25) is 5.91 Å². The summed E-state index contributed by atoms with van der Waals surface area (Å²) in [6, 6.07) is 15.1. The molecule has 192 valence electrons. The van der Waals surface area contributed by atoms with Crippen LogP contribution in [0.25, 0.3) is 0 Å². The Morgan fingerprint density at radius 1 is 1.11 bits per heavy atom. The van der Waals surface area contributed by atoms with Gasteiger partial charge in [0, 0.05) is 17.6 Å². The van der Waals surface area contributed by atoms with Gasteiger partial charge in [-0.3, -0.25) is 9.52 Å². The summed E-state index contributed by atoms with van der Waals surface area (Å²) in [7, 11) is -3.81. The fraction of sp³-hybridized carbons (Fsp3) is 0.333. The largest absolute Gasteiger partial charge is 0.325 e. The van der Waals surface area contributed by atoms with Crippen LogP contribution in [0, 0.1) is 11.3 Å². The fourth-order valence-electron chi connectivity index (χ4n) is 4.16. The number of benzene rings is 1. The van der Waals surface area contributed by atoms with Crippen LogP contribution in [0.4, 0.5) is 11.5 Å². The number of sulfonamides is 1. The Morgan fingerprint density at radius 2 is 1.86 bits per heavy atom. The quantitative estimate of drug-likeness (QED) is 0.374. The van der Waals surface area contributed by atoms with Crippen molar-refractivity contribution in [2.24, 2.45) is 0 Å². The van der Waals surface area contributed by atoms with Gasteiger partial charge < -0.3 is 5.32 Å². The van der Waals surface area contributed by atoms with Gasteiger partial charge in [0.05, 0.1) is 15.7 Å². The van der Waals surface area contributed by atoms with Gasteiger partial charge in [0.25, 0.3) is 10.0 Å². The van der Waals surface area contributed by atoms with Crippen molar-refractivity contribution in [2.45, 2.75) is 67.0 Å².